The summed E-state index contributed by atoms with van der Waals surface area (Å²) in [5.41, 5.74) is 0. The lowest BCUT2D eigenvalue weighted by Gasteiger charge is -2.34. The van der Waals surface area contributed by atoms with Gasteiger partial charge in [-0.3, -0.25) is 0 Å². The van der Waals surface area contributed by atoms with Crippen LogP contribution in [0.25, 0.3) is 0 Å². The molecule has 0 unspecified atom stereocenters. The quantitative estimate of drug-likeness (QED) is 0.888. The maximum Gasteiger partial charge on any atom is 0.246 e. The number of likely N-dealkylation sites (N-methyl/N-ethyl adjacent to an activating group) is 1. The van der Waals surface area contributed by atoms with E-state index in [-0.39, 0.29) is 23.3 Å². The Balaban J connectivity index is 0.00000162. The molecule has 5 nitrogen and oxygen atoms in total. The van der Waals surface area contributed by atoms with Gasteiger partial charge in [0.25, 0.3) is 0 Å². The first kappa shape index (κ1) is 15.2. The molecule has 7 heteroatoms. The van der Waals surface area contributed by atoms with Crippen LogP contribution in [-0.2, 0) is 10.0 Å². The van der Waals surface area contributed by atoms with Crippen LogP contribution >= 0.6 is 12.4 Å². The van der Waals surface area contributed by atoms with E-state index in [1.807, 2.05) is 0 Å². The van der Waals surface area contributed by atoms with E-state index in [2.05, 4.69) is 5.32 Å². The minimum Gasteiger partial charge on any atom is -0.495 e. The number of nitrogens with zero attached hydrogens (tertiary/aromatic N) is 1. The predicted octanol–water partition coefficient (Wildman–Crippen LogP) is 0.709. The molecule has 1 saturated heterocycles. The van der Waals surface area contributed by atoms with E-state index in [0.717, 1.165) is 0 Å². The Hall–Kier alpha value is -0.820. The van der Waals surface area contributed by atoms with Crippen LogP contribution in [0.3, 0.4) is 0 Å². The van der Waals surface area contributed by atoms with Gasteiger partial charge in [0.2, 0.25) is 10.0 Å². The molecule has 1 aromatic carbocycles. The monoisotopic (exact) mass is 292 g/mol. The van der Waals surface area contributed by atoms with Gasteiger partial charge in [-0.1, -0.05) is 12.1 Å². The second-order valence-electron chi connectivity index (χ2n) is 3.98. The fourth-order valence-corrected chi connectivity index (χ4v) is 3.22. The van der Waals surface area contributed by atoms with E-state index >= 15 is 0 Å². The average Bonchev–Trinajstić information content (AvgIpc) is 2.26. The van der Waals surface area contributed by atoms with E-state index in [1.54, 1.807) is 31.3 Å². The Morgan fingerprint density at radius 3 is 2.44 bits per heavy atom. The summed E-state index contributed by atoms with van der Waals surface area (Å²) in [6, 6.07) is 6.70. The van der Waals surface area contributed by atoms with Crippen molar-refractivity contribution in [2.24, 2.45) is 0 Å². The summed E-state index contributed by atoms with van der Waals surface area (Å²) in [7, 11) is -0.398. The van der Waals surface area contributed by atoms with Crippen molar-refractivity contribution in [1.29, 1.82) is 0 Å². The Morgan fingerprint density at radius 2 is 1.94 bits per heavy atom. The van der Waals surface area contributed by atoms with Crippen molar-refractivity contribution in [3.63, 3.8) is 0 Å². The third kappa shape index (κ3) is 2.61. The number of nitrogens with one attached hydrogen (secondary N) is 1. The highest BCUT2D eigenvalue weighted by molar-refractivity contribution is 7.89. The topological polar surface area (TPSA) is 58.6 Å². The minimum atomic E-state index is -3.47. The molecule has 0 bridgehead atoms. The van der Waals surface area contributed by atoms with Crippen molar-refractivity contribution in [2.45, 2.75) is 10.9 Å². The molecule has 0 aliphatic carbocycles. The minimum absolute atomic E-state index is 0. The zero-order chi connectivity index (χ0) is 12.5. The standard InChI is InChI=1S/C11H16N2O3S.ClH/c1-13(9-7-12-8-9)17(14,15)11-6-4-3-5-10(11)16-2;/h3-6,9,12H,7-8H2,1-2H3;1H. The van der Waals surface area contributed by atoms with Crippen molar-refractivity contribution < 1.29 is 13.2 Å². The lowest BCUT2D eigenvalue weighted by molar-refractivity contribution is 0.273. The van der Waals surface area contributed by atoms with Crippen molar-refractivity contribution in [1.82, 2.24) is 9.62 Å². The van der Waals surface area contributed by atoms with E-state index in [0.29, 0.717) is 18.8 Å². The maximum absolute atomic E-state index is 12.4. The van der Waals surface area contributed by atoms with Crippen LogP contribution in [0.1, 0.15) is 0 Å². The van der Waals surface area contributed by atoms with Crippen molar-refractivity contribution in [3.8, 4) is 5.75 Å². The highest BCUT2D eigenvalue weighted by atomic mass is 35.5. The molecule has 1 heterocycles. The molecule has 0 spiro atoms. The first-order valence-electron chi connectivity index (χ1n) is 5.39. The summed E-state index contributed by atoms with van der Waals surface area (Å²) in [5.74, 6) is 0.381. The summed E-state index contributed by atoms with van der Waals surface area (Å²) < 4.78 is 31.2. The molecule has 1 aliphatic rings. The van der Waals surface area contributed by atoms with Gasteiger partial charge in [-0.25, -0.2) is 8.42 Å². The summed E-state index contributed by atoms with van der Waals surface area (Å²) in [6.07, 6.45) is 0. The Bertz CT molecular complexity index is 503. The number of sulfonamides is 1. The number of hydrogen-bond acceptors (Lipinski definition) is 4. The van der Waals surface area contributed by atoms with Gasteiger partial charge in [-0.05, 0) is 12.1 Å². The Kier molecular flexibility index (Phi) is 4.98. The van der Waals surface area contributed by atoms with Crippen LogP contribution < -0.4 is 10.1 Å². The fourth-order valence-electron chi connectivity index (χ4n) is 1.71. The van der Waals surface area contributed by atoms with E-state index in [4.69, 9.17) is 4.74 Å². The molecule has 0 saturated carbocycles. The maximum atomic E-state index is 12.4. The van der Waals surface area contributed by atoms with Crippen LogP contribution in [0.5, 0.6) is 5.75 Å². The molecule has 1 aliphatic heterocycles. The molecule has 0 radical (unpaired) electrons. The van der Waals surface area contributed by atoms with Crippen LogP contribution in [0.15, 0.2) is 29.2 Å². The molecule has 102 valence electrons. The summed E-state index contributed by atoms with van der Waals surface area (Å²) in [6.45, 7) is 1.40. The lowest BCUT2D eigenvalue weighted by atomic mass is 10.2. The van der Waals surface area contributed by atoms with Crippen molar-refractivity contribution >= 4 is 22.4 Å². The van der Waals surface area contributed by atoms with Crippen LogP contribution in [-0.4, -0.2) is 46.0 Å². The molecule has 1 fully saturated rings. The number of para-hydroxylation sites is 1. The Morgan fingerprint density at radius 1 is 1.33 bits per heavy atom. The number of halogens is 1. The average molecular weight is 293 g/mol. The van der Waals surface area contributed by atoms with Gasteiger partial charge in [0.1, 0.15) is 10.6 Å². The fraction of sp³-hybridized carbons (Fsp3) is 0.455. The molecular formula is C11H17ClN2O3S. The van der Waals surface area contributed by atoms with Crippen LogP contribution in [0.2, 0.25) is 0 Å². The molecule has 2 rings (SSSR count). The molecule has 18 heavy (non-hydrogen) atoms. The highest BCUT2D eigenvalue weighted by Gasteiger charge is 2.33. The molecular weight excluding hydrogens is 276 g/mol. The van der Waals surface area contributed by atoms with E-state index in [1.165, 1.54) is 11.4 Å². The number of ether oxygens (including phenoxy) is 1. The zero-order valence-electron chi connectivity index (χ0n) is 10.3. The van der Waals surface area contributed by atoms with Gasteiger partial charge < -0.3 is 10.1 Å². The number of methoxy groups -OCH3 is 1. The number of rotatable bonds is 4. The molecule has 1 aromatic rings. The van der Waals surface area contributed by atoms with Gasteiger partial charge in [-0.15, -0.1) is 12.4 Å². The first-order chi connectivity index (χ1) is 8.07. The van der Waals surface area contributed by atoms with Crippen LogP contribution in [0.4, 0.5) is 0 Å². The molecule has 1 N–H and O–H groups in total. The van der Waals surface area contributed by atoms with E-state index < -0.39 is 10.0 Å². The van der Waals surface area contributed by atoms with Gasteiger partial charge >= 0.3 is 0 Å². The SMILES string of the molecule is COc1ccccc1S(=O)(=O)N(C)C1CNC1.Cl. The van der Waals surface area contributed by atoms with E-state index in [9.17, 15) is 8.42 Å². The normalized spacial score (nSPS) is 15.9. The summed E-state index contributed by atoms with van der Waals surface area (Å²) in [4.78, 5) is 0.219. The third-order valence-corrected chi connectivity index (χ3v) is 4.95. The van der Waals surface area contributed by atoms with Crippen molar-refractivity contribution in [3.05, 3.63) is 24.3 Å². The van der Waals surface area contributed by atoms with Gasteiger partial charge in [0.15, 0.2) is 0 Å². The third-order valence-electron chi connectivity index (χ3n) is 3.00. The second-order valence-corrected chi connectivity index (χ2v) is 5.95. The summed E-state index contributed by atoms with van der Waals surface area (Å²) in [5, 5.41) is 3.06. The zero-order valence-corrected chi connectivity index (χ0v) is 11.9. The number of benzene rings is 1. The molecule has 0 amide bonds. The largest absolute Gasteiger partial charge is 0.495 e. The molecule has 0 aromatic heterocycles. The lowest BCUT2D eigenvalue weighted by Crippen LogP contribution is -2.57. The summed E-state index contributed by atoms with van der Waals surface area (Å²) >= 11 is 0. The second kappa shape index (κ2) is 5.88. The van der Waals surface area contributed by atoms with Crippen molar-refractivity contribution in [2.75, 3.05) is 27.2 Å². The van der Waals surface area contributed by atoms with Gasteiger partial charge in [0, 0.05) is 26.2 Å². The Labute approximate surface area is 114 Å². The highest BCUT2D eigenvalue weighted by Crippen LogP contribution is 2.26. The van der Waals surface area contributed by atoms with Gasteiger partial charge in [0.05, 0.1) is 7.11 Å². The predicted molar refractivity (Wildman–Crippen MR) is 71.8 cm³/mol. The smallest absolute Gasteiger partial charge is 0.246 e. The number of hydrogen-bond donors (Lipinski definition) is 1. The molecule has 0 atom stereocenters. The van der Waals surface area contributed by atoms with Crippen LogP contribution in [0, 0.1) is 0 Å². The van der Waals surface area contributed by atoms with Gasteiger partial charge in [-0.2, -0.15) is 4.31 Å². The first-order valence-corrected chi connectivity index (χ1v) is 6.83.